The van der Waals surface area contributed by atoms with Crippen LogP contribution in [0.15, 0.2) is 46.7 Å². The minimum atomic E-state index is -3.58. The summed E-state index contributed by atoms with van der Waals surface area (Å²) < 4.78 is 26.5. The number of carbonyl (C=O) groups is 1. The van der Waals surface area contributed by atoms with Gasteiger partial charge in [-0.05, 0) is 37.4 Å². The Labute approximate surface area is 129 Å². The molecule has 1 aromatic carbocycles. The molecule has 0 bridgehead atoms. The number of sulfonamides is 1. The standard InChI is InChI=1S/C15H17NO3S2/c1-11(15-5-4-10-20-15)16(3)21(18,19)14-8-6-13(7-9-14)12(2)17/h4-11H,1-3H3. The van der Waals surface area contributed by atoms with Gasteiger partial charge in [-0.2, -0.15) is 4.31 Å². The van der Waals surface area contributed by atoms with Gasteiger partial charge in [-0.1, -0.05) is 18.2 Å². The number of ketones is 1. The number of thiophene rings is 1. The van der Waals surface area contributed by atoms with E-state index in [0.717, 1.165) is 4.88 Å². The quantitative estimate of drug-likeness (QED) is 0.793. The molecule has 0 saturated heterocycles. The molecular formula is C15H17NO3S2. The summed E-state index contributed by atoms with van der Waals surface area (Å²) in [6, 6.07) is 9.62. The summed E-state index contributed by atoms with van der Waals surface area (Å²) in [7, 11) is -2.01. The first-order valence-corrected chi connectivity index (χ1v) is 8.78. The molecule has 4 nitrogen and oxygen atoms in total. The van der Waals surface area contributed by atoms with E-state index < -0.39 is 10.0 Å². The zero-order chi connectivity index (χ0) is 15.6. The maximum absolute atomic E-state index is 12.6. The van der Waals surface area contributed by atoms with Crippen LogP contribution in [-0.4, -0.2) is 25.6 Å². The molecule has 1 atom stereocenters. The van der Waals surface area contributed by atoms with E-state index in [0.29, 0.717) is 5.56 Å². The van der Waals surface area contributed by atoms with E-state index in [1.807, 2.05) is 24.4 Å². The van der Waals surface area contributed by atoms with Crippen molar-refractivity contribution in [2.24, 2.45) is 0 Å². The molecular weight excluding hydrogens is 306 g/mol. The Morgan fingerprint density at radius 1 is 1.19 bits per heavy atom. The summed E-state index contributed by atoms with van der Waals surface area (Å²) >= 11 is 1.53. The van der Waals surface area contributed by atoms with E-state index in [2.05, 4.69) is 0 Å². The van der Waals surface area contributed by atoms with Crippen LogP contribution in [0.25, 0.3) is 0 Å². The van der Waals surface area contributed by atoms with Crippen LogP contribution in [0.1, 0.15) is 35.1 Å². The second-order valence-corrected chi connectivity index (χ2v) is 7.77. The number of rotatable bonds is 5. The molecule has 0 radical (unpaired) electrons. The molecule has 0 spiro atoms. The fraction of sp³-hybridized carbons (Fsp3) is 0.267. The molecule has 1 aromatic heterocycles. The van der Waals surface area contributed by atoms with Crippen LogP contribution in [0.2, 0.25) is 0 Å². The van der Waals surface area contributed by atoms with E-state index >= 15 is 0 Å². The number of carbonyl (C=O) groups excluding carboxylic acids is 1. The van der Waals surface area contributed by atoms with Gasteiger partial charge in [0.25, 0.3) is 0 Å². The average molecular weight is 323 g/mol. The van der Waals surface area contributed by atoms with Crippen molar-refractivity contribution in [3.63, 3.8) is 0 Å². The zero-order valence-corrected chi connectivity index (χ0v) is 13.7. The van der Waals surface area contributed by atoms with Crippen LogP contribution in [0.3, 0.4) is 0 Å². The highest BCUT2D eigenvalue weighted by atomic mass is 32.2. The van der Waals surface area contributed by atoms with Gasteiger partial charge in [0.05, 0.1) is 10.9 Å². The van der Waals surface area contributed by atoms with Crippen molar-refractivity contribution in [2.75, 3.05) is 7.05 Å². The predicted octanol–water partition coefficient (Wildman–Crippen LogP) is 3.33. The first-order valence-electron chi connectivity index (χ1n) is 6.46. The van der Waals surface area contributed by atoms with Gasteiger partial charge >= 0.3 is 0 Å². The highest BCUT2D eigenvalue weighted by Gasteiger charge is 2.26. The fourth-order valence-electron chi connectivity index (χ4n) is 1.94. The summed E-state index contributed by atoms with van der Waals surface area (Å²) in [5.74, 6) is -0.0840. The Hall–Kier alpha value is -1.50. The lowest BCUT2D eigenvalue weighted by Gasteiger charge is -2.23. The zero-order valence-electron chi connectivity index (χ0n) is 12.1. The van der Waals surface area contributed by atoms with Crippen LogP contribution < -0.4 is 0 Å². The van der Waals surface area contributed by atoms with Crippen molar-refractivity contribution in [2.45, 2.75) is 24.8 Å². The molecule has 0 aliphatic rings. The van der Waals surface area contributed by atoms with Crippen molar-refractivity contribution in [3.8, 4) is 0 Å². The Bertz CT molecular complexity index is 719. The van der Waals surface area contributed by atoms with E-state index in [4.69, 9.17) is 0 Å². The van der Waals surface area contributed by atoms with Gasteiger partial charge in [0.1, 0.15) is 0 Å². The summed E-state index contributed by atoms with van der Waals surface area (Å²) in [6.07, 6.45) is 0. The van der Waals surface area contributed by atoms with Gasteiger partial charge in [-0.25, -0.2) is 8.42 Å². The van der Waals surface area contributed by atoms with Gasteiger partial charge in [0.15, 0.2) is 5.78 Å². The van der Waals surface area contributed by atoms with Crippen molar-refractivity contribution in [1.82, 2.24) is 4.31 Å². The van der Waals surface area contributed by atoms with Crippen LogP contribution in [0.4, 0.5) is 0 Å². The normalized spacial score (nSPS) is 13.3. The largest absolute Gasteiger partial charge is 0.295 e. The van der Waals surface area contributed by atoms with Gasteiger partial charge in [0, 0.05) is 17.5 Å². The van der Waals surface area contributed by atoms with Crippen LogP contribution in [0, 0.1) is 0 Å². The van der Waals surface area contributed by atoms with Crippen molar-refractivity contribution >= 4 is 27.1 Å². The molecule has 2 rings (SSSR count). The molecule has 1 heterocycles. The summed E-state index contributed by atoms with van der Waals surface area (Å²) in [6.45, 7) is 3.31. The molecule has 112 valence electrons. The predicted molar refractivity (Wildman–Crippen MR) is 84.1 cm³/mol. The van der Waals surface area contributed by atoms with Crippen LogP contribution in [-0.2, 0) is 10.0 Å². The molecule has 21 heavy (non-hydrogen) atoms. The monoisotopic (exact) mass is 323 g/mol. The first kappa shape index (κ1) is 15.9. The minimum absolute atomic E-state index is 0.0840. The van der Waals surface area contributed by atoms with Gasteiger partial charge in [0.2, 0.25) is 10.0 Å². The molecule has 0 aliphatic carbocycles. The van der Waals surface area contributed by atoms with E-state index in [1.165, 1.54) is 34.7 Å². The third kappa shape index (κ3) is 3.23. The molecule has 1 unspecified atom stereocenters. The Morgan fingerprint density at radius 3 is 2.29 bits per heavy atom. The van der Waals surface area contributed by atoms with Gasteiger partial charge in [-0.3, -0.25) is 4.79 Å². The van der Waals surface area contributed by atoms with E-state index in [1.54, 1.807) is 19.2 Å². The highest BCUT2D eigenvalue weighted by molar-refractivity contribution is 7.89. The van der Waals surface area contributed by atoms with Crippen molar-refractivity contribution < 1.29 is 13.2 Å². The number of nitrogens with zero attached hydrogens (tertiary/aromatic N) is 1. The average Bonchev–Trinajstić information content (AvgIpc) is 3.00. The number of benzene rings is 1. The Kier molecular flexibility index (Phi) is 4.61. The highest BCUT2D eigenvalue weighted by Crippen LogP contribution is 2.28. The molecule has 0 saturated carbocycles. The van der Waals surface area contributed by atoms with Gasteiger partial charge < -0.3 is 0 Å². The third-order valence-electron chi connectivity index (χ3n) is 3.44. The maximum Gasteiger partial charge on any atom is 0.243 e. The molecule has 0 fully saturated rings. The lowest BCUT2D eigenvalue weighted by Crippen LogP contribution is -2.29. The molecule has 0 N–H and O–H groups in total. The molecule has 6 heteroatoms. The third-order valence-corrected chi connectivity index (χ3v) is 6.42. The Balaban J connectivity index is 2.30. The van der Waals surface area contributed by atoms with E-state index in [9.17, 15) is 13.2 Å². The second kappa shape index (κ2) is 6.09. The lowest BCUT2D eigenvalue weighted by atomic mass is 10.2. The molecule has 0 amide bonds. The Morgan fingerprint density at radius 2 is 1.81 bits per heavy atom. The summed E-state index contributed by atoms with van der Waals surface area (Å²) in [4.78, 5) is 12.4. The number of hydrogen-bond donors (Lipinski definition) is 0. The van der Waals surface area contributed by atoms with E-state index in [-0.39, 0.29) is 16.7 Å². The smallest absolute Gasteiger partial charge is 0.243 e. The van der Waals surface area contributed by atoms with Crippen LogP contribution >= 0.6 is 11.3 Å². The lowest BCUT2D eigenvalue weighted by molar-refractivity contribution is 0.101. The number of hydrogen-bond acceptors (Lipinski definition) is 4. The second-order valence-electron chi connectivity index (χ2n) is 4.79. The number of Topliss-reactive ketones (excluding diaryl/α,β-unsaturated/α-hetero) is 1. The molecule has 2 aromatic rings. The topological polar surface area (TPSA) is 54.5 Å². The van der Waals surface area contributed by atoms with Crippen LogP contribution in [0.5, 0.6) is 0 Å². The summed E-state index contributed by atoms with van der Waals surface area (Å²) in [5.41, 5.74) is 0.503. The molecule has 0 aliphatic heterocycles. The minimum Gasteiger partial charge on any atom is -0.295 e. The summed E-state index contributed by atoms with van der Waals surface area (Å²) in [5, 5.41) is 1.92. The SMILES string of the molecule is CC(=O)c1ccc(S(=O)(=O)N(C)C(C)c2cccs2)cc1. The fourth-order valence-corrected chi connectivity index (χ4v) is 4.18. The van der Waals surface area contributed by atoms with Crippen molar-refractivity contribution in [1.29, 1.82) is 0 Å². The maximum atomic E-state index is 12.6. The van der Waals surface area contributed by atoms with Crippen molar-refractivity contribution in [3.05, 3.63) is 52.2 Å². The first-order chi connectivity index (χ1) is 9.84. The van der Waals surface area contributed by atoms with Gasteiger partial charge in [-0.15, -0.1) is 11.3 Å².